The zero-order valence-electron chi connectivity index (χ0n) is 17.3. The van der Waals surface area contributed by atoms with Crippen LogP contribution < -0.4 is 5.32 Å². The van der Waals surface area contributed by atoms with E-state index in [1.807, 2.05) is 6.92 Å². The third kappa shape index (κ3) is 4.72. The van der Waals surface area contributed by atoms with Crippen molar-refractivity contribution in [3.8, 4) is 0 Å². The van der Waals surface area contributed by atoms with Gasteiger partial charge in [0.2, 0.25) is 0 Å². The molecule has 0 saturated heterocycles. The molecule has 0 aliphatic carbocycles. The van der Waals surface area contributed by atoms with Gasteiger partial charge in [-0.15, -0.1) is 11.3 Å². The number of thiazole rings is 1. The molecule has 0 fully saturated rings. The molecule has 1 aromatic heterocycles. The summed E-state index contributed by atoms with van der Waals surface area (Å²) in [5.74, 6) is -0.692. The maximum Gasteiger partial charge on any atom is 0.261 e. The Balaban J connectivity index is 1.26. The van der Waals surface area contributed by atoms with Crippen LogP contribution in [0.2, 0.25) is 0 Å². The minimum atomic E-state index is -0.282. The Bertz CT molecular complexity index is 1090. The van der Waals surface area contributed by atoms with E-state index in [2.05, 4.69) is 15.7 Å². The molecular formula is C24H23N3O3S. The van der Waals surface area contributed by atoms with Gasteiger partial charge in [0.05, 0.1) is 22.7 Å². The summed E-state index contributed by atoms with van der Waals surface area (Å²) in [6.45, 7) is 2.79. The van der Waals surface area contributed by atoms with Crippen LogP contribution in [0.3, 0.4) is 0 Å². The van der Waals surface area contributed by atoms with E-state index in [0.717, 1.165) is 35.5 Å². The van der Waals surface area contributed by atoms with Gasteiger partial charge in [0, 0.05) is 23.2 Å². The van der Waals surface area contributed by atoms with Gasteiger partial charge in [-0.2, -0.15) is 0 Å². The number of carbonyl (C=O) groups is 3. The Morgan fingerprint density at radius 3 is 2.29 bits per heavy atom. The molecule has 3 amide bonds. The molecular weight excluding hydrogens is 410 g/mol. The fourth-order valence-corrected chi connectivity index (χ4v) is 4.37. The van der Waals surface area contributed by atoms with Gasteiger partial charge < -0.3 is 5.32 Å². The van der Waals surface area contributed by atoms with E-state index in [4.69, 9.17) is 0 Å². The molecule has 2 aromatic carbocycles. The predicted molar refractivity (Wildman–Crippen MR) is 119 cm³/mol. The number of aryl methyl sites for hydroxylation is 2. The van der Waals surface area contributed by atoms with E-state index in [0.29, 0.717) is 23.2 Å². The number of aromatic nitrogens is 1. The summed E-state index contributed by atoms with van der Waals surface area (Å²) in [6.07, 6.45) is 2.80. The quantitative estimate of drug-likeness (QED) is 0.430. The average molecular weight is 434 g/mol. The van der Waals surface area contributed by atoms with Gasteiger partial charge in [0.25, 0.3) is 17.7 Å². The van der Waals surface area contributed by atoms with Crippen LogP contribution in [0.1, 0.15) is 60.2 Å². The lowest BCUT2D eigenvalue weighted by atomic mass is 10.1. The predicted octanol–water partition coefficient (Wildman–Crippen LogP) is 4.00. The molecule has 158 valence electrons. The third-order valence-electron chi connectivity index (χ3n) is 5.20. The molecule has 1 N–H and O–H groups in total. The molecule has 31 heavy (non-hydrogen) atoms. The summed E-state index contributed by atoms with van der Waals surface area (Å²) < 4.78 is 0. The molecule has 2 heterocycles. The highest BCUT2D eigenvalue weighted by molar-refractivity contribution is 7.09. The third-order valence-corrected chi connectivity index (χ3v) is 6.23. The fraction of sp³-hybridized carbons (Fsp3) is 0.250. The van der Waals surface area contributed by atoms with Crippen molar-refractivity contribution in [2.45, 2.75) is 32.7 Å². The molecule has 4 rings (SSSR count). The van der Waals surface area contributed by atoms with Crippen molar-refractivity contribution in [1.29, 1.82) is 0 Å². The van der Waals surface area contributed by atoms with Crippen LogP contribution in [0.5, 0.6) is 0 Å². The Morgan fingerprint density at radius 1 is 1.00 bits per heavy atom. The molecule has 3 aromatic rings. The second-order valence-corrected chi connectivity index (χ2v) is 8.48. The van der Waals surface area contributed by atoms with Crippen LogP contribution in [-0.4, -0.2) is 34.2 Å². The summed E-state index contributed by atoms with van der Waals surface area (Å²) in [5, 5.41) is 6.12. The minimum Gasteiger partial charge on any atom is -0.352 e. The first kappa shape index (κ1) is 20.9. The first-order chi connectivity index (χ1) is 15.0. The Kier molecular flexibility index (Phi) is 6.23. The van der Waals surface area contributed by atoms with Gasteiger partial charge >= 0.3 is 0 Å². The van der Waals surface area contributed by atoms with E-state index in [-0.39, 0.29) is 24.3 Å². The normalized spacial score (nSPS) is 12.9. The minimum absolute atomic E-state index is 0.127. The lowest BCUT2D eigenvalue weighted by Crippen LogP contribution is -2.29. The molecule has 0 bridgehead atoms. The lowest BCUT2D eigenvalue weighted by molar-refractivity contribution is 0.0641. The molecule has 0 radical (unpaired) electrons. The van der Waals surface area contributed by atoms with Crippen molar-refractivity contribution in [2.24, 2.45) is 0 Å². The molecule has 6 nitrogen and oxygen atoms in total. The monoisotopic (exact) mass is 433 g/mol. The Labute approximate surface area is 184 Å². The zero-order chi connectivity index (χ0) is 21.8. The number of amides is 3. The Hall–Kier alpha value is -3.32. The topological polar surface area (TPSA) is 79.4 Å². The number of unbranched alkanes of at least 4 members (excludes halogenated alkanes) is 1. The molecule has 0 spiro atoms. The van der Waals surface area contributed by atoms with E-state index in [1.165, 1.54) is 4.90 Å². The van der Waals surface area contributed by atoms with Crippen LogP contribution in [0.4, 0.5) is 0 Å². The standard InChI is InChI=1S/C24H23N3O3S/c1-16-15-31-21(26-16)8-4-5-13-25-22(28)18-11-9-17(10-12-18)14-27-23(29)19-6-2-3-7-20(19)24(27)30/h2-3,6-7,9-12,15H,4-5,8,13-14H2,1H3,(H,25,28). The number of nitrogens with zero attached hydrogens (tertiary/aromatic N) is 2. The molecule has 0 unspecified atom stereocenters. The lowest BCUT2D eigenvalue weighted by Gasteiger charge is -2.14. The Morgan fingerprint density at radius 2 is 1.68 bits per heavy atom. The largest absolute Gasteiger partial charge is 0.352 e. The van der Waals surface area contributed by atoms with E-state index in [9.17, 15) is 14.4 Å². The van der Waals surface area contributed by atoms with Crippen LogP contribution in [-0.2, 0) is 13.0 Å². The number of carbonyl (C=O) groups excluding carboxylic acids is 3. The first-order valence-electron chi connectivity index (χ1n) is 10.3. The van der Waals surface area contributed by atoms with Crippen molar-refractivity contribution >= 4 is 29.1 Å². The van der Waals surface area contributed by atoms with Crippen LogP contribution >= 0.6 is 11.3 Å². The van der Waals surface area contributed by atoms with Crippen molar-refractivity contribution in [2.75, 3.05) is 6.54 Å². The van der Waals surface area contributed by atoms with Gasteiger partial charge in [0.15, 0.2) is 0 Å². The number of benzene rings is 2. The summed E-state index contributed by atoms with van der Waals surface area (Å²) in [6, 6.07) is 13.8. The fourth-order valence-electron chi connectivity index (χ4n) is 3.55. The highest BCUT2D eigenvalue weighted by Gasteiger charge is 2.34. The summed E-state index contributed by atoms with van der Waals surface area (Å²) >= 11 is 1.68. The van der Waals surface area contributed by atoms with Crippen LogP contribution in [0.25, 0.3) is 0 Å². The van der Waals surface area contributed by atoms with E-state index >= 15 is 0 Å². The maximum atomic E-state index is 12.5. The van der Waals surface area contributed by atoms with Crippen molar-refractivity contribution < 1.29 is 14.4 Å². The molecule has 7 heteroatoms. The smallest absolute Gasteiger partial charge is 0.261 e. The number of imide groups is 1. The second-order valence-electron chi connectivity index (χ2n) is 7.53. The highest BCUT2D eigenvalue weighted by Crippen LogP contribution is 2.24. The maximum absolute atomic E-state index is 12.5. The van der Waals surface area contributed by atoms with Crippen molar-refractivity contribution in [3.05, 3.63) is 86.9 Å². The number of hydrogen-bond donors (Lipinski definition) is 1. The van der Waals surface area contributed by atoms with Gasteiger partial charge in [-0.1, -0.05) is 24.3 Å². The van der Waals surface area contributed by atoms with Gasteiger partial charge in [-0.25, -0.2) is 4.98 Å². The summed E-state index contributed by atoms with van der Waals surface area (Å²) in [7, 11) is 0. The van der Waals surface area contributed by atoms with Gasteiger partial charge in [0.1, 0.15) is 0 Å². The number of fused-ring (bicyclic) bond motifs is 1. The number of rotatable bonds is 8. The van der Waals surface area contributed by atoms with Gasteiger partial charge in [-0.05, 0) is 56.0 Å². The number of nitrogens with one attached hydrogen (secondary N) is 1. The molecule has 0 saturated carbocycles. The van der Waals surface area contributed by atoms with E-state index < -0.39 is 0 Å². The zero-order valence-corrected chi connectivity index (χ0v) is 18.1. The van der Waals surface area contributed by atoms with Crippen molar-refractivity contribution in [1.82, 2.24) is 15.2 Å². The number of hydrogen-bond acceptors (Lipinski definition) is 5. The highest BCUT2D eigenvalue weighted by atomic mass is 32.1. The van der Waals surface area contributed by atoms with Crippen LogP contribution in [0, 0.1) is 6.92 Å². The second kappa shape index (κ2) is 9.22. The summed E-state index contributed by atoms with van der Waals surface area (Å²) in [5.41, 5.74) is 3.29. The molecule has 1 aliphatic heterocycles. The molecule has 1 aliphatic rings. The van der Waals surface area contributed by atoms with Gasteiger partial charge in [-0.3, -0.25) is 19.3 Å². The SMILES string of the molecule is Cc1csc(CCCCNC(=O)c2ccc(CN3C(=O)c4ccccc4C3=O)cc2)n1. The van der Waals surface area contributed by atoms with Crippen molar-refractivity contribution in [3.63, 3.8) is 0 Å². The molecule has 0 atom stereocenters. The average Bonchev–Trinajstić information content (AvgIpc) is 3.30. The first-order valence-corrected chi connectivity index (χ1v) is 11.1. The van der Waals surface area contributed by atoms with E-state index in [1.54, 1.807) is 59.9 Å². The summed E-state index contributed by atoms with van der Waals surface area (Å²) in [4.78, 5) is 43.0. The van der Waals surface area contributed by atoms with Crippen LogP contribution in [0.15, 0.2) is 53.9 Å².